The summed E-state index contributed by atoms with van der Waals surface area (Å²) in [4.78, 5) is 26.2. The molecule has 1 aromatic carbocycles. The van der Waals surface area contributed by atoms with Crippen molar-refractivity contribution in [3.05, 3.63) is 35.9 Å². The van der Waals surface area contributed by atoms with Crippen LogP contribution in [0.4, 0.5) is 4.79 Å². The highest BCUT2D eigenvalue weighted by Crippen LogP contribution is 2.37. The lowest BCUT2D eigenvalue weighted by Crippen LogP contribution is -2.55. The van der Waals surface area contributed by atoms with Crippen LogP contribution in [0.3, 0.4) is 0 Å². The molecular weight excluding hydrogens is 294 g/mol. The Balaban J connectivity index is 1.63. The SMILES string of the molecule is COC(=O)C1CC2CCCC(C1)N2C(=O)OCc1ccccc1. The molecular formula is C18H23NO4. The number of methoxy groups -OCH3 is 1. The van der Waals surface area contributed by atoms with E-state index in [4.69, 9.17) is 9.47 Å². The molecule has 2 fully saturated rings. The minimum Gasteiger partial charge on any atom is -0.469 e. The van der Waals surface area contributed by atoms with Crippen molar-refractivity contribution in [1.82, 2.24) is 4.90 Å². The first-order valence-corrected chi connectivity index (χ1v) is 8.26. The minimum absolute atomic E-state index is 0.0894. The summed E-state index contributed by atoms with van der Waals surface area (Å²) in [5.74, 6) is -0.243. The third-order valence-electron chi connectivity index (χ3n) is 4.93. The summed E-state index contributed by atoms with van der Waals surface area (Å²) in [6.45, 7) is 0.288. The lowest BCUT2D eigenvalue weighted by molar-refractivity contribution is -0.149. The molecule has 2 heterocycles. The summed E-state index contributed by atoms with van der Waals surface area (Å²) in [5.41, 5.74) is 0.982. The van der Waals surface area contributed by atoms with E-state index in [1.54, 1.807) is 0 Å². The monoisotopic (exact) mass is 317 g/mol. The fourth-order valence-corrected chi connectivity index (χ4v) is 3.83. The summed E-state index contributed by atoms with van der Waals surface area (Å²) in [7, 11) is 1.43. The van der Waals surface area contributed by atoms with Crippen molar-refractivity contribution in [2.45, 2.75) is 50.8 Å². The summed E-state index contributed by atoms with van der Waals surface area (Å²) in [6.07, 6.45) is 4.08. The normalized spacial score (nSPS) is 26.5. The fraction of sp³-hybridized carbons (Fsp3) is 0.556. The smallest absolute Gasteiger partial charge is 0.410 e. The van der Waals surface area contributed by atoms with Crippen molar-refractivity contribution < 1.29 is 19.1 Å². The zero-order chi connectivity index (χ0) is 16.2. The molecule has 0 radical (unpaired) electrons. The van der Waals surface area contributed by atoms with Gasteiger partial charge in [-0.25, -0.2) is 4.79 Å². The Morgan fingerprint density at radius 2 is 1.78 bits per heavy atom. The molecule has 0 spiro atoms. The van der Waals surface area contributed by atoms with Gasteiger partial charge in [0, 0.05) is 12.1 Å². The second kappa shape index (κ2) is 7.02. The average molecular weight is 317 g/mol. The van der Waals surface area contributed by atoms with E-state index in [1.807, 2.05) is 35.2 Å². The molecule has 3 rings (SSSR count). The number of nitrogens with zero attached hydrogens (tertiary/aromatic N) is 1. The zero-order valence-corrected chi connectivity index (χ0v) is 13.4. The van der Waals surface area contributed by atoms with Gasteiger partial charge in [-0.3, -0.25) is 4.79 Å². The maximum Gasteiger partial charge on any atom is 0.410 e. The van der Waals surface area contributed by atoms with E-state index in [0.29, 0.717) is 12.8 Å². The summed E-state index contributed by atoms with van der Waals surface area (Å²) in [5, 5.41) is 0. The van der Waals surface area contributed by atoms with E-state index in [1.165, 1.54) is 7.11 Å². The van der Waals surface area contributed by atoms with Crippen LogP contribution in [0.2, 0.25) is 0 Å². The van der Waals surface area contributed by atoms with Gasteiger partial charge in [-0.05, 0) is 37.7 Å². The number of hydrogen-bond acceptors (Lipinski definition) is 4. The van der Waals surface area contributed by atoms with Gasteiger partial charge in [0.2, 0.25) is 0 Å². The van der Waals surface area contributed by atoms with E-state index in [0.717, 1.165) is 24.8 Å². The van der Waals surface area contributed by atoms with E-state index in [-0.39, 0.29) is 36.7 Å². The highest BCUT2D eigenvalue weighted by molar-refractivity contribution is 5.74. The molecule has 2 saturated heterocycles. The number of carbonyl (C=O) groups excluding carboxylic acids is 2. The van der Waals surface area contributed by atoms with Crippen LogP contribution in [0.5, 0.6) is 0 Å². The molecule has 0 N–H and O–H groups in total. The van der Waals surface area contributed by atoms with Gasteiger partial charge in [0.15, 0.2) is 0 Å². The molecule has 0 aromatic heterocycles. The van der Waals surface area contributed by atoms with Crippen molar-refractivity contribution in [3.63, 3.8) is 0 Å². The number of piperidine rings is 2. The number of benzene rings is 1. The first-order valence-electron chi connectivity index (χ1n) is 8.26. The second-order valence-electron chi connectivity index (χ2n) is 6.38. The summed E-state index contributed by atoms with van der Waals surface area (Å²) < 4.78 is 10.4. The molecule has 5 nitrogen and oxygen atoms in total. The van der Waals surface area contributed by atoms with Crippen LogP contribution in [-0.2, 0) is 20.9 Å². The van der Waals surface area contributed by atoms with E-state index >= 15 is 0 Å². The first-order chi connectivity index (χ1) is 11.2. The maximum absolute atomic E-state index is 12.5. The number of rotatable bonds is 3. The Morgan fingerprint density at radius 3 is 2.39 bits per heavy atom. The topological polar surface area (TPSA) is 55.8 Å². The quantitative estimate of drug-likeness (QED) is 0.804. The summed E-state index contributed by atoms with van der Waals surface area (Å²) in [6, 6.07) is 9.87. The standard InChI is InChI=1S/C18H23NO4/c1-22-17(20)14-10-15-8-5-9-16(11-14)19(15)18(21)23-12-13-6-3-2-4-7-13/h2-4,6-7,14-16H,5,8-12H2,1H3. The Kier molecular flexibility index (Phi) is 4.84. The van der Waals surface area contributed by atoms with Crippen LogP contribution in [0.25, 0.3) is 0 Å². The summed E-state index contributed by atoms with van der Waals surface area (Å²) >= 11 is 0. The van der Waals surface area contributed by atoms with Gasteiger partial charge in [0.25, 0.3) is 0 Å². The van der Waals surface area contributed by atoms with Gasteiger partial charge in [0.1, 0.15) is 6.61 Å². The molecule has 1 aromatic rings. The van der Waals surface area contributed by atoms with Crippen LogP contribution in [-0.4, -0.2) is 36.2 Å². The highest BCUT2D eigenvalue weighted by atomic mass is 16.6. The molecule has 0 aliphatic carbocycles. The minimum atomic E-state index is -0.258. The Hall–Kier alpha value is -2.04. The Labute approximate surface area is 136 Å². The van der Waals surface area contributed by atoms with Crippen LogP contribution in [0.1, 0.15) is 37.7 Å². The maximum atomic E-state index is 12.5. The number of carbonyl (C=O) groups is 2. The van der Waals surface area contributed by atoms with Crippen LogP contribution < -0.4 is 0 Å². The zero-order valence-electron chi connectivity index (χ0n) is 13.4. The Morgan fingerprint density at radius 1 is 1.13 bits per heavy atom. The van der Waals surface area contributed by atoms with Gasteiger partial charge in [-0.15, -0.1) is 0 Å². The van der Waals surface area contributed by atoms with Gasteiger partial charge in [-0.2, -0.15) is 0 Å². The van der Waals surface area contributed by atoms with Gasteiger partial charge >= 0.3 is 12.1 Å². The second-order valence-corrected chi connectivity index (χ2v) is 6.38. The van der Waals surface area contributed by atoms with E-state index in [2.05, 4.69) is 0 Å². The predicted molar refractivity (Wildman–Crippen MR) is 84.6 cm³/mol. The number of ether oxygens (including phenoxy) is 2. The number of hydrogen-bond donors (Lipinski definition) is 0. The van der Waals surface area contributed by atoms with Gasteiger partial charge < -0.3 is 14.4 Å². The van der Waals surface area contributed by atoms with Crippen molar-refractivity contribution in [3.8, 4) is 0 Å². The molecule has 2 unspecified atom stereocenters. The number of fused-ring (bicyclic) bond motifs is 2. The molecule has 23 heavy (non-hydrogen) atoms. The van der Waals surface area contributed by atoms with Gasteiger partial charge in [0.05, 0.1) is 13.0 Å². The lowest BCUT2D eigenvalue weighted by Gasteiger charge is -2.47. The predicted octanol–water partition coefficient (Wildman–Crippen LogP) is 3.13. The van der Waals surface area contributed by atoms with Crippen molar-refractivity contribution in [2.75, 3.05) is 7.11 Å². The van der Waals surface area contributed by atoms with E-state index in [9.17, 15) is 9.59 Å². The molecule has 0 saturated carbocycles. The third-order valence-corrected chi connectivity index (χ3v) is 4.93. The molecule has 2 aliphatic heterocycles. The Bertz CT molecular complexity index is 545. The molecule has 1 amide bonds. The van der Waals surface area contributed by atoms with Crippen molar-refractivity contribution >= 4 is 12.1 Å². The third kappa shape index (κ3) is 3.49. The number of amides is 1. The molecule has 2 bridgehead atoms. The van der Waals surface area contributed by atoms with Crippen molar-refractivity contribution in [2.24, 2.45) is 5.92 Å². The number of esters is 1. The molecule has 5 heteroatoms. The van der Waals surface area contributed by atoms with Crippen molar-refractivity contribution in [1.29, 1.82) is 0 Å². The largest absolute Gasteiger partial charge is 0.469 e. The molecule has 2 atom stereocenters. The van der Waals surface area contributed by atoms with Crippen LogP contribution in [0.15, 0.2) is 30.3 Å². The highest BCUT2D eigenvalue weighted by Gasteiger charge is 2.44. The molecule has 2 aliphatic rings. The van der Waals surface area contributed by atoms with Crippen LogP contribution in [0, 0.1) is 5.92 Å². The average Bonchev–Trinajstić information content (AvgIpc) is 2.58. The van der Waals surface area contributed by atoms with Crippen LogP contribution >= 0.6 is 0 Å². The fourth-order valence-electron chi connectivity index (χ4n) is 3.83. The van der Waals surface area contributed by atoms with Gasteiger partial charge in [-0.1, -0.05) is 30.3 Å². The van der Waals surface area contributed by atoms with E-state index < -0.39 is 0 Å². The first kappa shape index (κ1) is 15.8. The molecule has 124 valence electrons. The lowest BCUT2D eigenvalue weighted by atomic mass is 9.78.